The molecule has 2 rings (SSSR count). The lowest BCUT2D eigenvalue weighted by Gasteiger charge is -2.04. The molecule has 7 heteroatoms. The second kappa shape index (κ2) is 4.54. The van der Waals surface area contributed by atoms with Crippen LogP contribution in [0.15, 0.2) is 33.0 Å². The molecule has 1 aromatic heterocycles. The lowest BCUT2D eigenvalue weighted by Crippen LogP contribution is -2.15. The molecule has 0 radical (unpaired) electrons. The van der Waals surface area contributed by atoms with E-state index >= 15 is 0 Å². The van der Waals surface area contributed by atoms with Gasteiger partial charge in [-0.25, -0.2) is 9.89 Å². The summed E-state index contributed by atoms with van der Waals surface area (Å²) in [6, 6.07) is 5.34. The van der Waals surface area contributed by atoms with Crippen molar-refractivity contribution in [3.05, 3.63) is 28.7 Å². The van der Waals surface area contributed by atoms with E-state index in [1.165, 1.54) is 11.8 Å². The average molecular weight is 251 g/mol. The summed E-state index contributed by atoms with van der Waals surface area (Å²) in [4.78, 5) is 12.3. The molecule has 90 valence electrons. The minimum absolute atomic E-state index is 0.210. The number of aromatic amines is 1. The standard InChI is InChI=1S/C10H13N5OS/c1-2-15-9(16)13-14-10(15)17-6-3-4-7(11)8(12)5-6/h3-5H,2,11-12H2,1H3,(H,13,16). The Labute approximate surface area is 102 Å². The number of aromatic nitrogens is 3. The molecule has 0 spiro atoms. The van der Waals surface area contributed by atoms with Crippen molar-refractivity contribution in [3.63, 3.8) is 0 Å². The molecule has 0 saturated heterocycles. The smallest absolute Gasteiger partial charge is 0.343 e. The second-order valence-corrected chi connectivity index (χ2v) is 4.49. The van der Waals surface area contributed by atoms with Crippen LogP contribution in [-0.2, 0) is 6.54 Å². The fraction of sp³-hybridized carbons (Fsp3) is 0.200. The van der Waals surface area contributed by atoms with Gasteiger partial charge in [0.1, 0.15) is 0 Å². The zero-order chi connectivity index (χ0) is 12.4. The molecule has 0 fully saturated rings. The van der Waals surface area contributed by atoms with E-state index in [0.29, 0.717) is 23.1 Å². The Morgan fingerprint density at radius 3 is 2.82 bits per heavy atom. The van der Waals surface area contributed by atoms with E-state index in [0.717, 1.165) is 4.90 Å². The van der Waals surface area contributed by atoms with Gasteiger partial charge in [-0.3, -0.25) is 4.57 Å². The highest BCUT2D eigenvalue weighted by Gasteiger charge is 2.08. The van der Waals surface area contributed by atoms with E-state index in [2.05, 4.69) is 10.2 Å². The van der Waals surface area contributed by atoms with Gasteiger partial charge in [-0.15, -0.1) is 5.10 Å². The van der Waals surface area contributed by atoms with Crippen LogP contribution in [-0.4, -0.2) is 14.8 Å². The predicted octanol–water partition coefficient (Wildman–Crippen LogP) is 0.907. The van der Waals surface area contributed by atoms with Crippen molar-refractivity contribution in [2.75, 3.05) is 11.5 Å². The van der Waals surface area contributed by atoms with E-state index in [-0.39, 0.29) is 5.69 Å². The molecule has 0 aliphatic heterocycles. The summed E-state index contributed by atoms with van der Waals surface area (Å²) in [5, 5.41) is 6.98. The van der Waals surface area contributed by atoms with E-state index in [4.69, 9.17) is 11.5 Å². The quantitative estimate of drug-likeness (QED) is 0.703. The number of nitrogens with two attached hydrogens (primary N) is 2. The number of rotatable bonds is 3. The van der Waals surface area contributed by atoms with Crippen LogP contribution >= 0.6 is 11.8 Å². The van der Waals surface area contributed by atoms with Crippen LogP contribution in [0.4, 0.5) is 11.4 Å². The summed E-state index contributed by atoms with van der Waals surface area (Å²) >= 11 is 1.37. The van der Waals surface area contributed by atoms with Crippen LogP contribution in [0.5, 0.6) is 0 Å². The summed E-state index contributed by atoms with van der Waals surface area (Å²) < 4.78 is 1.55. The molecule has 17 heavy (non-hydrogen) atoms. The van der Waals surface area contributed by atoms with Gasteiger partial charge in [0.25, 0.3) is 0 Å². The Bertz CT molecular complexity index is 589. The Morgan fingerprint density at radius 2 is 2.18 bits per heavy atom. The van der Waals surface area contributed by atoms with Crippen LogP contribution in [0.3, 0.4) is 0 Å². The number of nitrogen functional groups attached to an aromatic ring is 2. The van der Waals surface area contributed by atoms with Crippen LogP contribution in [0, 0.1) is 0 Å². The van der Waals surface area contributed by atoms with Crippen molar-refractivity contribution >= 4 is 23.1 Å². The van der Waals surface area contributed by atoms with Gasteiger partial charge >= 0.3 is 5.69 Å². The van der Waals surface area contributed by atoms with E-state index in [1.54, 1.807) is 16.7 Å². The molecule has 0 bridgehead atoms. The number of hydrogen-bond donors (Lipinski definition) is 3. The highest BCUT2D eigenvalue weighted by atomic mass is 32.2. The Balaban J connectivity index is 2.31. The molecule has 1 aromatic carbocycles. The van der Waals surface area contributed by atoms with E-state index in [9.17, 15) is 4.79 Å². The average Bonchev–Trinajstić information content (AvgIpc) is 2.64. The molecular weight excluding hydrogens is 238 g/mol. The van der Waals surface area contributed by atoms with Crippen LogP contribution < -0.4 is 17.2 Å². The summed E-state index contributed by atoms with van der Waals surface area (Å²) in [5.74, 6) is 0. The number of nitrogens with one attached hydrogen (secondary N) is 1. The second-order valence-electron chi connectivity index (χ2n) is 3.45. The molecule has 0 saturated carbocycles. The lowest BCUT2D eigenvalue weighted by molar-refractivity contribution is 0.660. The van der Waals surface area contributed by atoms with Crippen LogP contribution in [0.2, 0.25) is 0 Å². The van der Waals surface area contributed by atoms with Crippen LogP contribution in [0.25, 0.3) is 0 Å². The topological polar surface area (TPSA) is 103 Å². The number of anilines is 2. The summed E-state index contributed by atoms with van der Waals surface area (Å²) in [5.41, 5.74) is 12.2. The van der Waals surface area contributed by atoms with Crippen molar-refractivity contribution in [3.8, 4) is 0 Å². The fourth-order valence-electron chi connectivity index (χ4n) is 1.38. The Kier molecular flexibility index (Phi) is 3.10. The largest absolute Gasteiger partial charge is 0.397 e. The lowest BCUT2D eigenvalue weighted by atomic mass is 10.3. The molecule has 5 N–H and O–H groups in total. The first-order valence-electron chi connectivity index (χ1n) is 5.10. The predicted molar refractivity (Wildman–Crippen MR) is 67.9 cm³/mol. The van der Waals surface area contributed by atoms with Crippen molar-refractivity contribution in [1.29, 1.82) is 0 Å². The summed E-state index contributed by atoms with van der Waals surface area (Å²) in [7, 11) is 0. The van der Waals surface area contributed by atoms with Gasteiger partial charge in [-0.05, 0) is 36.9 Å². The Hall–Kier alpha value is -1.89. The van der Waals surface area contributed by atoms with Crippen molar-refractivity contribution in [2.24, 2.45) is 0 Å². The molecule has 0 aliphatic rings. The maximum atomic E-state index is 11.4. The first-order chi connectivity index (χ1) is 8.11. The van der Waals surface area contributed by atoms with Crippen molar-refractivity contribution in [1.82, 2.24) is 14.8 Å². The molecule has 2 aromatic rings. The first kappa shape index (κ1) is 11.6. The zero-order valence-corrected chi connectivity index (χ0v) is 10.1. The van der Waals surface area contributed by atoms with Gasteiger partial charge in [0.15, 0.2) is 5.16 Å². The third-order valence-corrected chi connectivity index (χ3v) is 3.29. The number of H-pyrrole nitrogens is 1. The maximum absolute atomic E-state index is 11.4. The van der Waals surface area contributed by atoms with Crippen molar-refractivity contribution in [2.45, 2.75) is 23.5 Å². The van der Waals surface area contributed by atoms with Gasteiger partial charge in [-0.1, -0.05) is 0 Å². The third-order valence-electron chi connectivity index (χ3n) is 2.31. The van der Waals surface area contributed by atoms with E-state index in [1.807, 2.05) is 13.0 Å². The molecular formula is C10H13N5OS. The SMILES string of the molecule is CCn1c(Sc2ccc(N)c(N)c2)n[nH]c1=O. The monoisotopic (exact) mass is 251 g/mol. The summed E-state index contributed by atoms with van der Waals surface area (Å²) in [6.07, 6.45) is 0. The molecule has 0 unspecified atom stereocenters. The highest BCUT2D eigenvalue weighted by molar-refractivity contribution is 7.99. The number of benzene rings is 1. The zero-order valence-electron chi connectivity index (χ0n) is 9.30. The van der Waals surface area contributed by atoms with Crippen LogP contribution in [0.1, 0.15) is 6.92 Å². The maximum Gasteiger partial charge on any atom is 0.343 e. The van der Waals surface area contributed by atoms with Gasteiger partial charge < -0.3 is 11.5 Å². The van der Waals surface area contributed by atoms with Crippen molar-refractivity contribution < 1.29 is 0 Å². The van der Waals surface area contributed by atoms with E-state index < -0.39 is 0 Å². The third kappa shape index (κ3) is 2.28. The molecule has 6 nitrogen and oxygen atoms in total. The Morgan fingerprint density at radius 1 is 1.41 bits per heavy atom. The highest BCUT2D eigenvalue weighted by Crippen LogP contribution is 2.28. The molecule has 0 atom stereocenters. The first-order valence-corrected chi connectivity index (χ1v) is 5.91. The summed E-state index contributed by atoms with van der Waals surface area (Å²) in [6.45, 7) is 2.46. The van der Waals surface area contributed by atoms with Gasteiger partial charge in [0.2, 0.25) is 0 Å². The normalized spacial score (nSPS) is 10.6. The molecule has 0 amide bonds. The van der Waals surface area contributed by atoms with Gasteiger partial charge in [0, 0.05) is 11.4 Å². The van der Waals surface area contributed by atoms with Gasteiger partial charge in [-0.2, -0.15) is 0 Å². The van der Waals surface area contributed by atoms with Gasteiger partial charge in [0.05, 0.1) is 11.4 Å². The minimum Gasteiger partial charge on any atom is -0.397 e. The minimum atomic E-state index is -0.210. The molecule has 0 aliphatic carbocycles. The number of nitrogens with zero attached hydrogens (tertiary/aromatic N) is 2. The number of hydrogen-bond acceptors (Lipinski definition) is 5. The molecule has 1 heterocycles. The fourth-order valence-corrected chi connectivity index (χ4v) is 2.33.